The van der Waals surface area contributed by atoms with Crippen LogP contribution in [0.4, 0.5) is 0 Å². The maximum atomic E-state index is 10.6. The maximum absolute atomic E-state index is 10.6. The van der Waals surface area contributed by atoms with E-state index in [1.54, 1.807) is 0 Å². The van der Waals surface area contributed by atoms with E-state index in [1.807, 2.05) is 0 Å². The van der Waals surface area contributed by atoms with Crippen molar-refractivity contribution in [3.63, 3.8) is 0 Å². The standard InChI is InChI=1S/C15H27NO2/c1-2-13-5-3-4-6-14(13)16-10-9-12(11-16)7-8-15(17)18/h12-14H,2-11H2,1H3,(H,17,18). The van der Waals surface area contributed by atoms with E-state index in [0.29, 0.717) is 12.3 Å². The zero-order valence-corrected chi connectivity index (χ0v) is 11.6. The van der Waals surface area contributed by atoms with Gasteiger partial charge in [0.1, 0.15) is 0 Å². The number of likely N-dealkylation sites (tertiary alicyclic amines) is 1. The van der Waals surface area contributed by atoms with Gasteiger partial charge in [-0.2, -0.15) is 0 Å². The molecule has 3 unspecified atom stereocenters. The summed E-state index contributed by atoms with van der Waals surface area (Å²) < 4.78 is 0. The summed E-state index contributed by atoms with van der Waals surface area (Å²) in [5.74, 6) is 0.870. The molecule has 1 aliphatic carbocycles. The molecule has 2 fully saturated rings. The highest BCUT2D eigenvalue weighted by Gasteiger charge is 2.33. The van der Waals surface area contributed by atoms with Gasteiger partial charge in [-0.1, -0.05) is 26.2 Å². The van der Waals surface area contributed by atoms with Gasteiger partial charge in [-0.05, 0) is 44.1 Å². The van der Waals surface area contributed by atoms with E-state index in [-0.39, 0.29) is 0 Å². The normalized spacial score (nSPS) is 33.7. The van der Waals surface area contributed by atoms with Gasteiger partial charge in [0.25, 0.3) is 0 Å². The number of rotatable bonds is 5. The summed E-state index contributed by atoms with van der Waals surface area (Å²) in [6, 6.07) is 0.790. The molecule has 2 aliphatic rings. The van der Waals surface area contributed by atoms with Crippen molar-refractivity contribution in [2.75, 3.05) is 13.1 Å². The zero-order valence-electron chi connectivity index (χ0n) is 11.6. The number of aliphatic carboxylic acids is 1. The summed E-state index contributed by atoms with van der Waals surface area (Å²) in [6.45, 7) is 4.67. The molecule has 0 bridgehead atoms. The van der Waals surface area contributed by atoms with Crippen molar-refractivity contribution in [1.82, 2.24) is 4.90 Å². The molecule has 104 valence electrons. The van der Waals surface area contributed by atoms with Gasteiger partial charge < -0.3 is 5.11 Å². The van der Waals surface area contributed by atoms with Crippen LogP contribution >= 0.6 is 0 Å². The lowest BCUT2D eigenvalue weighted by Crippen LogP contribution is -2.41. The molecule has 1 N–H and O–H groups in total. The highest BCUT2D eigenvalue weighted by molar-refractivity contribution is 5.66. The molecule has 3 atom stereocenters. The van der Waals surface area contributed by atoms with Crippen LogP contribution in [0.5, 0.6) is 0 Å². The molecule has 18 heavy (non-hydrogen) atoms. The summed E-state index contributed by atoms with van der Waals surface area (Å²) >= 11 is 0. The number of carbonyl (C=O) groups is 1. The highest BCUT2D eigenvalue weighted by atomic mass is 16.4. The van der Waals surface area contributed by atoms with E-state index in [4.69, 9.17) is 5.11 Å². The summed E-state index contributed by atoms with van der Waals surface area (Å²) in [6.07, 6.45) is 9.29. The van der Waals surface area contributed by atoms with Crippen LogP contribution < -0.4 is 0 Å². The van der Waals surface area contributed by atoms with Gasteiger partial charge in [0.2, 0.25) is 0 Å². The molecule has 2 rings (SSSR count). The summed E-state index contributed by atoms with van der Waals surface area (Å²) in [7, 11) is 0. The van der Waals surface area contributed by atoms with E-state index >= 15 is 0 Å². The monoisotopic (exact) mass is 253 g/mol. The van der Waals surface area contributed by atoms with E-state index in [9.17, 15) is 4.79 Å². The van der Waals surface area contributed by atoms with E-state index in [0.717, 1.165) is 24.9 Å². The Morgan fingerprint density at radius 3 is 2.78 bits per heavy atom. The van der Waals surface area contributed by atoms with Crippen LogP contribution in [0, 0.1) is 11.8 Å². The Bertz CT molecular complexity index is 280. The minimum absolute atomic E-state index is 0.348. The van der Waals surface area contributed by atoms with Gasteiger partial charge in [0.15, 0.2) is 0 Å². The summed E-state index contributed by atoms with van der Waals surface area (Å²) in [4.78, 5) is 13.3. The zero-order chi connectivity index (χ0) is 13.0. The Morgan fingerprint density at radius 1 is 1.28 bits per heavy atom. The van der Waals surface area contributed by atoms with Crippen LogP contribution in [0.25, 0.3) is 0 Å². The summed E-state index contributed by atoms with van der Waals surface area (Å²) in [5.41, 5.74) is 0. The average Bonchev–Trinajstić information content (AvgIpc) is 2.85. The average molecular weight is 253 g/mol. The first-order valence-electron chi connectivity index (χ1n) is 7.66. The summed E-state index contributed by atoms with van der Waals surface area (Å²) in [5, 5.41) is 8.75. The molecule has 0 aromatic rings. The fourth-order valence-electron chi connectivity index (χ4n) is 3.87. The van der Waals surface area contributed by atoms with Crippen molar-refractivity contribution >= 4 is 5.97 Å². The second-order valence-electron chi connectivity index (χ2n) is 6.10. The molecular weight excluding hydrogens is 226 g/mol. The highest BCUT2D eigenvalue weighted by Crippen LogP contribution is 2.34. The molecule has 0 amide bonds. The van der Waals surface area contributed by atoms with Crippen molar-refractivity contribution in [1.29, 1.82) is 0 Å². The molecule has 1 saturated heterocycles. The first-order valence-corrected chi connectivity index (χ1v) is 7.66. The van der Waals surface area contributed by atoms with Crippen molar-refractivity contribution < 1.29 is 9.90 Å². The Balaban J connectivity index is 1.81. The predicted molar refractivity (Wildman–Crippen MR) is 72.6 cm³/mol. The van der Waals surface area contributed by atoms with Gasteiger partial charge in [-0.25, -0.2) is 0 Å². The fourth-order valence-corrected chi connectivity index (χ4v) is 3.87. The first kappa shape index (κ1) is 13.9. The second-order valence-corrected chi connectivity index (χ2v) is 6.10. The molecule has 1 aliphatic heterocycles. The minimum atomic E-state index is -0.641. The van der Waals surface area contributed by atoms with E-state index in [2.05, 4.69) is 11.8 Å². The lowest BCUT2D eigenvalue weighted by Gasteiger charge is -2.37. The van der Waals surface area contributed by atoms with Crippen molar-refractivity contribution in [2.45, 2.75) is 64.3 Å². The quantitative estimate of drug-likeness (QED) is 0.818. The van der Waals surface area contributed by atoms with E-state index < -0.39 is 5.97 Å². The van der Waals surface area contributed by atoms with Crippen LogP contribution in [0.3, 0.4) is 0 Å². The van der Waals surface area contributed by atoms with Gasteiger partial charge in [-0.3, -0.25) is 9.69 Å². The predicted octanol–water partition coefficient (Wildman–Crippen LogP) is 3.14. The molecule has 0 radical (unpaired) electrons. The topological polar surface area (TPSA) is 40.5 Å². The maximum Gasteiger partial charge on any atom is 0.303 e. The van der Waals surface area contributed by atoms with Crippen molar-refractivity contribution in [3.05, 3.63) is 0 Å². The van der Waals surface area contributed by atoms with Gasteiger partial charge in [0.05, 0.1) is 0 Å². The van der Waals surface area contributed by atoms with Crippen molar-refractivity contribution in [3.8, 4) is 0 Å². The SMILES string of the molecule is CCC1CCCCC1N1CCC(CCC(=O)O)C1. The lowest BCUT2D eigenvalue weighted by molar-refractivity contribution is -0.137. The molecule has 1 heterocycles. The number of hydrogen-bond acceptors (Lipinski definition) is 2. The van der Waals surface area contributed by atoms with Gasteiger partial charge in [0, 0.05) is 19.0 Å². The molecule has 3 nitrogen and oxygen atoms in total. The van der Waals surface area contributed by atoms with Crippen molar-refractivity contribution in [2.24, 2.45) is 11.8 Å². The smallest absolute Gasteiger partial charge is 0.303 e. The Kier molecular flexibility index (Phi) is 5.04. The minimum Gasteiger partial charge on any atom is -0.481 e. The third-order valence-electron chi connectivity index (χ3n) is 4.95. The fraction of sp³-hybridized carbons (Fsp3) is 0.933. The first-order chi connectivity index (χ1) is 8.70. The van der Waals surface area contributed by atoms with Gasteiger partial charge >= 0.3 is 5.97 Å². The Hall–Kier alpha value is -0.570. The second kappa shape index (κ2) is 6.55. The third kappa shape index (κ3) is 3.47. The van der Waals surface area contributed by atoms with Gasteiger partial charge in [-0.15, -0.1) is 0 Å². The molecule has 1 saturated carbocycles. The Morgan fingerprint density at radius 2 is 2.06 bits per heavy atom. The van der Waals surface area contributed by atoms with Crippen LogP contribution in [0.1, 0.15) is 58.3 Å². The molecular formula is C15H27NO2. The number of nitrogens with zero attached hydrogens (tertiary/aromatic N) is 1. The lowest BCUT2D eigenvalue weighted by atomic mass is 9.82. The molecule has 0 spiro atoms. The Labute approximate surface area is 111 Å². The molecule has 3 heteroatoms. The van der Waals surface area contributed by atoms with E-state index in [1.165, 1.54) is 45.1 Å². The third-order valence-corrected chi connectivity index (χ3v) is 4.95. The van der Waals surface area contributed by atoms with Crippen LogP contribution in [-0.4, -0.2) is 35.1 Å². The van der Waals surface area contributed by atoms with Crippen LogP contribution in [0.15, 0.2) is 0 Å². The molecule has 0 aromatic carbocycles. The number of carboxylic acids is 1. The largest absolute Gasteiger partial charge is 0.481 e. The molecule has 0 aromatic heterocycles. The van der Waals surface area contributed by atoms with Crippen LogP contribution in [-0.2, 0) is 4.79 Å². The number of hydrogen-bond donors (Lipinski definition) is 1. The number of carboxylic acid groups (broad SMARTS) is 1. The van der Waals surface area contributed by atoms with Crippen LogP contribution in [0.2, 0.25) is 0 Å².